The lowest BCUT2D eigenvalue weighted by molar-refractivity contribution is -0.134. The maximum atomic E-state index is 12.8. The van der Waals surface area contributed by atoms with Gasteiger partial charge >= 0.3 is 0 Å². The van der Waals surface area contributed by atoms with E-state index in [1.807, 2.05) is 30.3 Å². The molecule has 0 spiro atoms. The Morgan fingerprint density at radius 2 is 1.50 bits per heavy atom. The van der Waals surface area contributed by atoms with E-state index in [-0.39, 0.29) is 42.6 Å². The van der Waals surface area contributed by atoms with Crippen LogP contribution in [0.3, 0.4) is 0 Å². The van der Waals surface area contributed by atoms with Crippen molar-refractivity contribution in [2.24, 2.45) is 0 Å². The van der Waals surface area contributed by atoms with Crippen molar-refractivity contribution in [1.29, 1.82) is 0 Å². The molecule has 3 aromatic rings. The fourth-order valence-corrected chi connectivity index (χ4v) is 5.39. The number of rotatable bonds is 8. The fraction of sp³-hybridized carbons (Fsp3) is 0.280. The normalized spacial score (nSPS) is 15.6. The number of sulfonamides is 1. The number of carbonyl (C=O) groups is 2. The van der Waals surface area contributed by atoms with Crippen molar-refractivity contribution in [2.75, 3.05) is 26.2 Å². The zero-order chi connectivity index (χ0) is 24.0. The summed E-state index contributed by atoms with van der Waals surface area (Å²) in [6.07, 6.45) is 1.64. The minimum atomic E-state index is -3.58. The number of piperazine rings is 1. The maximum absolute atomic E-state index is 12.8. The van der Waals surface area contributed by atoms with Gasteiger partial charge in [0.15, 0.2) is 0 Å². The number of hydrogen-bond acceptors (Lipinski definition) is 5. The number of nitrogens with zero attached hydrogens (tertiary/aromatic N) is 2. The van der Waals surface area contributed by atoms with Gasteiger partial charge < -0.3 is 14.6 Å². The summed E-state index contributed by atoms with van der Waals surface area (Å²) in [5.41, 5.74) is 0.882. The molecule has 2 amide bonds. The predicted molar refractivity (Wildman–Crippen MR) is 126 cm³/mol. The molecule has 9 heteroatoms. The third-order valence-electron chi connectivity index (χ3n) is 5.80. The van der Waals surface area contributed by atoms with Gasteiger partial charge in [-0.05, 0) is 29.8 Å². The summed E-state index contributed by atoms with van der Waals surface area (Å²) in [4.78, 5) is 27.2. The van der Waals surface area contributed by atoms with Gasteiger partial charge in [0.05, 0.1) is 11.2 Å². The number of furan rings is 1. The average Bonchev–Trinajstić information content (AvgIpc) is 3.42. The quantitative estimate of drug-likeness (QED) is 0.533. The summed E-state index contributed by atoms with van der Waals surface area (Å²) in [5, 5.41) is 2.95. The van der Waals surface area contributed by atoms with E-state index in [1.165, 1.54) is 4.31 Å². The zero-order valence-corrected chi connectivity index (χ0v) is 19.5. The van der Waals surface area contributed by atoms with Crippen molar-refractivity contribution < 1.29 is 22.4 Å². The Kier molecular flexibility index (Phi) is 7.44. The monoisotopic (exact) mass is 481 g/mol. The molecule has 34 heavy (non-hydrogen) atoms. The largest absolute Gasteiger partial charge is 0.467 e. The van der Waals surface area contributed by atoms with Gasteiger partial charge in [-0.25, -0.2) is 8.42 Å². The molecule has 0 bridgehead atoms. The van der Waals surface area contributed by atoms with Crippen LogP contribution in [0.15, 0.2) is 88.4 Å². The smallest absolute Gasteiger partial charge is 0.243 e. The average molecular weight is 482 g/mol. The van der Waals surface area contributed by atoms with Crippen LogP contribution in [0.25, 0.3) is 0 Å². The van der Waals surface area contributed by atoms with E-state index in [1.54, 1.807) is 53.6 Å². The molecular formula is C25H27N3O5S. The molecule has 1 saturated heterocycles. The van der Waals surface area contributed by atoms with Crippen LogP contribution in [0.4, 0.5) is 0 Å². The Balaban J connectivity index is 1.29. The molecule has 178 valence electrons. The molecule has 0 radical (unpaired) electrons. The summed E-state index contributed by atoms with van der Waals surface area (Å²) in [6, 6.07) is 20.9. The van der Waals surface area contributed by atoms with Crippen molar-refractivity contribution in [1.82, 2.24) is 14.5 Å². The van der Waals surface area contributed by atoms with Gasteiger partial charge in [-0.2, -0.15) is 4.31 Å². The summed E-state index contributed by atoms with van der Waals surface area (Å²) >= 11 is 0. The molecular weight excluding hydrogens is 454 g/mol. The molecule has 1 aliphatic rings. The minimum absolute atomic E-state index is 0.0331. The second-order valence-corrected chi connectivity index (χ2v) is 9.96. The number of nitrogens with one attached hydrogen (secondary N) is 1. The third-order valence-corrected chi connectivity index (χ3v) is 7.72. The summed E-state index contributed by atoms with van der Waals surface area (Å²) < 4.78 is 32.4. The molecule has 1 aromatic heterocycles. The number of carbonyl (C=O) groups excluding carboxylic acids is 2. The predicted octanol–water partition coefficient (Wildman–Crippen LogP) is 2.80. The number of hydrogen-bond donors (Lipinski definition) is 1. The van der Waals surface area contributed by atoms with Crippen LogP contribution in [0.2, 0.25) is 0 Å². The van der Waals surface area contributed by atoms with E-state index in [4.69, 9.17) is 4.42 Å². The second-order valence-electron chi connectivity index (χ2n) is 8.02. The van der Waals surface area contributed by atoms with Gasteiger partial charge in [-0.1, -0.05) is 48.5 Å². The van der Waals surface area contributed by atoms with Gasteiger partial charge in [-0.3, -0.25) is 9.59 Å². The van der Waals surface area contributed by atoms with Crippen molar-refractivity contribution >= 4 is 21.8 Å². The van der Waals surface area contributed by atoms with Gasteiger partial charge in [0.25, 0.3) is 0 Å². The zero-order valence-electron chi connectivity index (χ0n) is 18.7. The molecule has 0 saturated carbocycles. The van der Waals surface area contributed by atoms with Crippen molar-refractivity contribution in [3.8, 4) is 0 Å². The lowest BCUT2D eigenvalue weighted by Crippen LogP contribution is -2.50. The van der Waals surface area contributed by atoms with Crippen molar-refractivity contribution in [3.05, 3.63) is 90.4 Å². The van der Waals surface area contributed by atoms with Crippen LogP contribution < -0.4 is 5.32 Å². The molecule has 2 aromatic carbocycles. The molecule has 1 aliphatic heterocycles. The maximum Gasteiger partial charge on any atom is 0.243 e. The first-order chi connectivity index (χ1) is 16.4. The second kappa shape index (κ2) is 10.7. The van der Waals surface area contributed by atoms with E-state index in [9.17, 15) is 18.0 Å². The van der Waals surface area contributed by atoms with E-state index in [2.05, 4.69) is 5.32 Å². The Morgan fingerprint density at radius 3 is 2.12 bits per heavy atom. The highest BCUT2D eigenvalue weighted by molar-refractivity contribution is 7.89. The molecule has 1 N–H and O–H groups in total. The van der Waals surface area contributed by atoms with E-state index < -0.39 is 16.1 Å². The lowest BCUT2D eigenvalue weighted by atomic mass is 10.0. The highest BCUT2D eigenvalue weighted by Crippen LogP contribution is 2.23. The van der Waals surface area contributed by atoms with E-state index in [0.29, 0.717) is 18.8 Å². The molecule has 1 fully saturated rings. The van der Waals surface area contributed by atoms with Crippen LogP contribution in [0, 0.1) is 0 Å². The van der Waals surface area contributed by atoms with Gasteiger partial charge in [0, 0.05) is 39.0 Å². The summed E-state index contributed by atoms with van der Waals surface area (Å²) in [5.74, 6) is 0.187. The van der Waals surface area contributed by atoms with Crippen LogP contribution in [-0.4, -0.2) is 55.6 Å². The van der Waals surface area contributed by atoms with Crippen LogP contribution in [-0.2, 0) is 19.6 Å². The standard InChI is InChI=1S/C25H27N3O5S/c29-23(26-25(22-12-7-19-33-22)20-8-3-1-4-9-20)13-14-24(30)27-15-17-28(18-16-27)34(31,32)21-10-5-2-6-11-21/h1-12,19,25H,13-18H2,(H,26,29). The molecule has 1 atom stereocenters. The van der Waals surface area contributed by atoms with Gasteiger partial charge in [0.2, 0.25) is 21.8 Å². The van der Waals surface area contributed by atoms with E-state index in [0.717, 1.165) is 5.56 Å². The van der Waals surface area contributed by atoms with Crippen LogP contribution in [0.1, 0.15) is 30.2 Å². The Labute approximate surface area is 199 Å². The first-order valence-corrected chi connectivity index (χ1v) is 12.6. The fourth-order valence-electron chi connectivity index (χ4n) is 3.95. The minimum Gasteiger partial charge on any atom is -0.467 e. The van der Waals surface area contributed by atoms with Crippen LogP contribution in [0.5, 0.6) is 0 Å². The van der Waals surface area contributed by atoms with Crippen molar-refractivity contribution in [3.63, 3.8) is 0 Å². The molecule has 2 heterocycles. The third kappa shape index (κ3) is 5.55. The Hall–Kier alpha value is -3.43. The highest BCUT2D eigenvalue weighted by Gasteiger charge is 2.30. The molecule has 4 rings (SSSR count). The molecule has 8 nitrogen and oxygen atoms in total. The first-order valence-electron chi connectivity index (χ1n) is 11.2. The summed E-state index contributed by atoms with van der Waals surface area (Å²) in [6.45, 7) is 1.05. The number of benzene rings is 2. The summed E-state index contributed by atoms with van der Waals surface area (Å²) in [7, 11) is -3.58. The van der Waals surface area contributed by atoms with Crippen LogP contribution >= 0.6 is 0 Å². The highest BCUT2D eigenvalue weighted by atomic mass is 32.2. The van der Waals surface area contributed by atoms with Crippen molar-refractivity contribution in [2.45, 2.75) is 23.8 Å². The molecule has 0 aliphatic carbocycles. The van der Waals surface area contributed by atoms with Gasteiger partial charge in [-0.15, -0.1) is 0 Å². The SMILES string of the molecule is O=C(CCC(=O)N1CCN(S(=O)(=O)c2ccccc2)CC1)NC(c1ccccc1)c1ccco1. The van der Waals surface area contributed by atoms with Gasteiger partial charge in [0.1, 0.15) is 11.8 Å². The lowest BCUT2D eigenvalue weighted by Gasteiger charge is -2.34. The first kappa shape index (κ1) is 23.7. The molecule has 1 unspecified atom stereocenters. The Bertz CT molecular complexity index is 1190. The Morgan fingerprint density at radius 1 is 0.853 bits per heavy atom. The van der Waals surface area contributed by atoms with E-state index >= 15 is 0 Å². The topological polar surface area (TPSA) is 99.9 Å². The number of amides is 2.